The highest BCUT2D eigenvalue weighted by atomic mass is 16.5. The largest absolute Gasteiger partial charge is 0.507 e. The molecule has 5 rings (SSSR count). The first-order chi connectivity index (χ1) is 17.9. The maximum atomic E-state index is 13.5. The second kappa shape index (κ2) is 10.1. The summed E-state index contributed by atoms with van der Waals surface area (Å²) in [6.45, 7) is 3.90. The van der Waals surface area contributed by atoms with Crippen molar-refractivity contribution in [2.45, 2.75) is 51.7 Å². The first-order valence-corrected chi connectivity index (χ1v) is 12.7. The van der Waals surface area contributed by atoms with Crippen LogP contribution in [0, 0.1) is 0 Å². The number of ether oxygens (including phenoxy) is 2. The Balaban J connectivity index is 1.66. The number of aliphatic hydroxyl groups is 1. The second-order valence-electron chi connectivity index (χ2n) is 9.80. The fraction of sp³-hybridized carbons (Fsp3) is 0.290. The van der Waals surface area contributed by atoms with Gasteiger partial charge < -0.3 is 14.6 Å². The van der Waals surface area contributed by atoms with Crippen molar-refractivity contribution in [1.29, 1.82) is 0 Å². The zero-order valence-corrected chi connectivity index (χ0v) is 21.4. The Hall–Kier alpha value is -4.06. The molecule has 1 saturated heterocycles. The van der Waals surface area contributed by atoms with Crippen LogP contribution in [0.4, 0.5) is 5.69 Å². The van der Waals surface area contributed by atoms with Gasteiger partial charge in [-0.25, -0.2) is 0 Å². The molecule has 0 spiro atoms. The van der Waals surface area contributed by atoms with Crippen molar-refractivity contribution < 1.29 is 24.2 Å². The van der Waals surface area contributed by atoms with E-state index in [0.717, 1.165) is 25.7 Å². The lowest BCUT2D eigenvalue weighted by Gasteiger charge is -2.26. The van der Waals surface area contributed by atoms with Crippen LogP contribution in [0.15, 0.2) is 72.3 Å². The lowest BCUT2D eigenvalue weighted by atomic mass is 9.88. The number of methoxy groups -OCH3 is 1. The molecule has 190 valence electrons. The normalized spacial score (nSPS) is 18.7. The van der Waals surface area contributed by atoms with Crippen LogP contribution in [0.1, 0.15) is 55.0 Å². The minimum atomic E-state index is -0.809. The molecule has 2 aliphatic rings. The molecule has 1 fully saturated rings. The minimum Gasteiger partial charge on any atom is -0.507 e. The maximum Gasteiger partial charge on any atom is 0.300 e. The van der Waals surface area contributed by atoms with E-state index in [0.29, 0.717) is 28.3 Å². The van der Waals surface area contributed by atoms with E-state index in [2.05, 4.69) is 0 Å². The van der Waals surface area contributed by atoms with E-state index in [-0.39, 0.29) is 17.4 Å². The van der Waals surface area contributed by atoms with Gasteiger partial charge in [0.25, 0.3) is 11.7 Å². The summed E-state index contributed by atoms with van der Waals surface area (Å²) in [7, 11) is 1.55. The summed E-state index contributed by atoms with van der Waals surface area (Å²) >= 11 is 0. The van der Waals surface area contributed by atoms with Gasteiger partial charge in [-0.2, -0.15) is 0 Å². The third-order valence-electron chi connectivity index (χ3n) is 6.97. The smallest absolute Gasteiger partial charge is 0.300 e. The molecule has 6 nitrogen and oxygen atoms in total. The number of fused-ring (bicyclic) bond motifs is 1. The summed E-state index contributed by atoms with van der Waals surface area (Å²) in [5.74, 6) is -0.323. The Morgan fingerprint density at radius 3 is 2.35 bits per heavy atom. The van der Waals surface area contributed by atoms with Crippen LogP contribution < -0.4 is 14.4 Å². The number of Topliss-reactive ketones (excluding diaryl/α,β-unsaturated/α-hetero) is 1. The molecule has 1 heterocycles. The van der Waals surface area contributed by atoms with Crippen LogP contribution >= 0.6 is 0 Å². The molecule has 3 aromatic rings. The SMILES string of the molecule is COc1cccc(N2C(=O)C(=O)/C(=C(\O)c3ccc4c(c3)CCCC4)C2c2ccc(OC(C)C)cc2)c1. The van der Waals surface area contributed by atoms with Crippen molar-refractivity contribution in [2.75, 3.05) is 12.0 Å². The molecule has 1 amide bonds. The summed E-state index contributed by atoms with van der Waals surface area (Å²) in [6.07, 6.45) is 4.22. The van der Waals surface area contributed by atoms with Crippen LogP contribution in [0.5, 0.6) is 11.5 Å². The monoisotopic (exact) mass is 497 g/mol. The van der Waals surface area contributed by atoms with Gasteiger partial charge in [-0.1, -0.05) is 30.3 Å². The molecule has 1 atom stereocenters. The molecule has 0 bridgehead atoms. The summed E-state index contributed by atoms with van der Waals surface area (Å²) < 4.78 is 11.2. The molecule has 1 N–H and O–H groups in total. The topological polar surface area (TPSA) is 76.1 Å². The predicted molar refractivity (Wildman–Crippen MR) is 143 cm³/mol. The third-order valence-corrected chi connectivity index (χ3v) is 6.97. The summed E-state index contributed by atoms with van der Waals surface area (Å²) in [6, 6.07) is 19.3. The number of carbonyl (C=O) groups is 2. The number of amides is 1. The van der Waals surface area contributed by atoms with Crippen LogP contribution in [0.2, 0.25) is 0 Å². The second-order valence-corrected chi connectivity index (χ2v) is 9.80. The van der Waals surface area contributed by atoms with Crippen molar-refractivity contribution in [2.24, 2.45) is 0 Å². The highest BCUT2D eigenvalue weighted by molar-refractivity contribution is 6.51. The van der Waals surface area contributed by atoms with E-state index in [1.807, 2.05) is 56.3 Å². The zero-order valence-electron chi connectivity index (χ0n) is 21.4. The average molecular weight is 498 g/mol. The van der Waals surface area contributed by atoms with Crippen LogP contribution in [0.3, 0.4) is 0 Å². The molecule has 1 aliphatic heterocycles. The van der Waals surface area contributed by atoms with Gasteiger partial charge in [-0.3, -0.25) is 14.5 Å². The van der Waals surface area contributed by atoms with Gasteiger partial charge in [-0.15, -0.1) is 0 Å². The molecule has 37 heavy (non-hydrogen) atoms. The van der Waals surface area contributed by atoms with Gasteiger partial charge in [0.2, 0.25) is 0 Å². The number of anilines is 1. The lowest BCUT2D eigenvalue weighted by molar-refractivity contribution is -0.132. The first kappa shape index (κ1) is 24.6. The molecule has 3 aromatic carbocycles. The van der Waals surface area contributed by atoms with E-state index in [9.17, 15) is 14.7 Å². The van der Waals surface area contributed by atoms with Gasteiger partial charge in [0.15, 0.2) is 0 Å². The molecule has 1 unspecified atom stereocenters. The van der Waals surface area contributed by atoms with Gasteiger partial charge in [0.05, 0.1) is 24.8 Å². The summed E-state index contributed by atoms with van der Waals surface area (Å²) in [5.41, 5.74) is 4.28. The van der Waals surface area contributed by atoms with E-state index < -0.39 is 17.7 Å². The zero-order chi connectivity index (χ0) is 26.1. The van der Waals surface area contributed by atoms with Crippen LogP contribution in [0.25, 0.3) is 5.76 Å². The van der Waals surface area contributed by atoms with E-state index in [4.69, 9.17) is 9.47 Å². The van der Waals surface area contributed by atoms with Gasteiger partial charge >= 0.3 is 0 Å². The molecular weight excluding hydrogens is 466 g/mol. The van der Waals surface area contributed by atoms with Crippen molar-refractivity contribution in [3.05, 3.63) is 94.6 Å². The van der Waals surface area contributed by atoms with E-state index in [1.165, 1.54) is 16.0 Å². The van der Waals surface area contributed by atoms with Crippen molar-refractivity contribution >= 4 is 23.1 Å². The van der Waals surface area contributed by atoms with Crippen LogP contribution in [-0.2, 0) is 22.4 Å². The Labute approximate surface area is 217 Å². The predicted octanol–water partition coefficient (Wildman–Crippen LogP) is 5.99. The highest BCUT2D eigenvalue weighted by Crippen LogP contribution is 2.43. The Morgan fingerprint density at radius 2 is 1.65 bits per heavy atom. The number of aryl methyl sites for hydroxylation is 2. The quantitative estimate of drug-likeness (QED) is 0.257. The Bertz CT molecular complexity index is 1370. The molecule has 1 aliphatic carbocycles. The Morgan fingerprint density at radius 1 is 0.919 bits per heavy atom. The number of ketones is 1. The van der Waals surface area contributed by atoms with E-state index in [1.54, 1.807) is 31.4 Å². The number of benzene rings is 3. The number of aliphatic hydroxyl groups excluding tert-OH is 1. The standard InChI is InChI=1S/C31H31NO5/c1-19(2)37-25-15-13-21(14-16-25)28-27(29(33)23-12-11-20-7-4-5-8-22(20)17-23)30(34)31(35)32(28)24-9-6-10-26(18-24)36-3/h6,9-19,28,33H,4-5,7-8H2,1-3H3/b29-27-. The van der Waals surface area contributed by atoms with Gasteiger partial charge in [0, 0.05) is 17.3 Å². The summed E-state index contributed by atoms with van der Waals surface area (Å²) in [4.78, 5) is 28.4. The van der Waals surface area contributed by atoms with Crippen molar-refractivity contribution in [1.82, 2.24) is 0 Å². The minimum absolute atomic E-state index is 0.0114. The number of nitrogens with zero attached hydrogens (tertiary/aromatic N) is 1. The number of carbonyl (C=O) groups excluding carboxylic acids is 2. The average Bonchev–Trinajstić information content (AvgIpc) is 3.18. The number of hydrogen-bond donors (Lipinski definition) is 1. The molecule has 0 radical (unpaired) electrons. The maximum absolute atomic E-state index is 13.5. The fourth-order valence-electron chi connectivity index (χ4n) is 5.21. The number of hydrogen-bond acceptors (Lipinski definition) is 5. The number of rotatable bonds is 6. The molecular formula is C31H31NO5. The van der Waals surface area contributed by atoms with Crippen LogP contribution in [-0.4, -0.2) is 30.0 Å². The van der Waals surface area contributed by atoms with Crippen molar-refractivity contribution in [3.8, 4) is 11.5 Å². The molecule has 0 aromatic heterocycles. The van der Waals surface area contributed by atoms with Crippen molar-refractivity contribution in [3.63, 3.8) is 0 Å². The summed E-state index contributed by atoms with van der Waals surface area (Å²) in [5, 5.41) is 11.5. The molecule has 0 saturated carbocycles. The van der Waals surface area contributed by atoms with E-state index >= 15 is 0 Å². The van der Waals surface area contributed by atoms with Gasteiger partial charge in [-0.05, 0) is 86.6 Å². The Kier molecular flexibility index (Phi) is 6.74. The van der Waals surface area contributed by atoms with Gasteiger partial charge in [0.1, 0.15) is 17.3 Å². The molecule has 6 heteroatoms. The first-order valence-electron chi connectivity index (χ1n) is 12.7. The highest BCUT2D eigenvalue weighted by Gasteiger charge is 2.47. The fourth-order valence-corrected chi connectivity index (χ4v) is 5.21. The third kappa shape index (κ3) is 4.71. The lowest BCUT2D eigenvalue weighted by Crippen LogP contribution is -2.29.